The molecule has 0 saturated heterocycles. The van der Waals surface area contributed by atoms with Gasteiger partial charge in [0.25, 0.3) is 40.5 Å². The largest absolute Gasteiger partial charge is 0.493 e. The Labute approximate surface area is 512 Å². The molecule has 1 aliphatic carbocycles. The number of amides is 2. The maximum atomic E-state index is 12.8. The number of carbonyl (C=O) groups excluding carboxylic acids is 2. The molecule has 2 amide bonds. The number of nitriles is 1. The van der Waals surface area contributed by atoms with E-state index in [1.807, 2.05) is 6.08 Å². The Hall–Kier alpha value is -7.63. The highest BCUT2D eigenvalue weighted by molar-refractivity contribution is 7.99. The number of nitrogens with zero attached hydrogens (tertiary/aromatic N) is 7. The zero-order valence-corrected chi connectivity index (χ0v) is 52.0. The molecule has 29 nitrogen and oxygen atoms in total. The van der Waals surface area contributed by atoms with E-state index in [4.69, 9.17) is 16.3 Å². The Morgan fingerprint density at radius 3 is 1.91 bits per heavy atom. The van der Waals surface area contributed by atoms with Crippen LogP contribution in [0.15, 0.2) is 95.8 Å². The average Bonchev–Trinajstić information content (AvgIpc) is 1.74. The topological polar surface area (TPSA) is 444 Å². The molecule has 0 unspecified atom stereocenters. The molecule has 6 aromatic rings. The number of azo groups is 2. The van der Waals surface area contributed by atoms with Gasteiger partial charge in [-0.25, -0.2) is 4.98 Å². The Bertz CT molecular complexity index is 4290. The molecule has 0 bridgehead atoms. The van der Waals surface area contributed by atoms with E-state index >= 15 is 0 Å². The van der Waals surface area contributed by atoms with Crippen LogP contribution in [0, 0.1) is 25.2 Å². The van der Waals surface area contributed by atoms with Gasteiger partial charge in [-0.2, -0.15) is 44.0 Å². The van der Waals surface area contributed by atoms with Crippen molar-refractivity contribution in [3.05, 3.63) is 93.8 Å². The van der Waals surface area contributed by atoms with Crippen LogP contribution in [0.5, 0.6) is 11.6 Å². The van der Waals surface area contributed by atoms with E-state index < -0.39 is 74.4 Å². The summed E-state index contributed by atoms with van der Waals surface area (Å²) < 4.78 is 139. The molecule has 2 aromatic heterocycles. The Morgan fingerprint density at radius 1 is 0.713 bits per heavy atom. The van der Waals surface area contributed by atoms with Crippen LogP contribution >= 0.6 is 35.1 Å². The number of aromatic nitrogens is 2. The molecule has 2 heterocycles. The van der Waals surface area contributed by atoms with Gasteiger partial charge in [0.1, 0.15) is 33.7 Å². The molecule has 0 atom stereocenters. The summed E-state index contributed by atoms with van der Waals surface area (Å²) in [5.41, 5.74) is 15.3. The number of thioether (sulfide) groups is 2. The maximum absolute atomic E-state index is 12.8. The molecule has 0 aliphatic heterocycles. The van der Waals surface area contributed by atoms with Crippen molar-refractivity contribution in [3.63, 3.8) is 0 Å². The third-order valence-electron chi connectivity index (χ3n) is 12.3. The number of fused-ring (bicyclic) bond motifs is 3. The average molecular weight is 1330 g/mol. The fraction of sp³-hybridized carbons (Fsp3) is 0.294. The first-order chi connectivity index (χ1) is 40.9. The maximum Gasteiger partial charge on any atom is 0.296 e. The van der Waals surface area contributed by atoms with Crippen LogP contribution in [-0.4, -0.2) is 114 Å². The Kier molecular flexibility index (Phi) is 21.9. The zero-order valence-electron chi connectivity index (χ0n) is 46.3. The number of nitrogens with one attached hydrogen (secondary N) is 6. The lowest BCUT2D eigenvalue weighted by molar-refractivity contribution is -0.115. The van der Waals surface area contributed by atoms with Crippen LogP contribution in [-0.2, 0) is 56.5 Å². The van der Waals surface area contributed by atoms with E-state index in [0.717, 1.165) is 29.6 Å². The van der Waals surface area contributed by atoms with Gasteiger partial charge in [0.15, 0.2) is 11.3 Å². The van der Waals surface area contributed by atoms with Gasteiger partial charge in [-0.1, -0.05) is 17.7 Å². The summed E-state index contributed by atoms with van der Waals surface area (Å²) in [4.78, 5) is 30.1. The van der Waals surface area contributed by atoms with Crippen LogP contribution in [0.25, 0.3) is 11.7 Å². The molecule has 4 aromatic carbocycles. The highest BCUT2D eigenvalue weighted by Crippen LogP contribution is 2.44. The number of hydrogen-bond acceptors (Lipinski definition) is 24. The fourth-order valence-electron chi connectivity index (χ4n) is 8.32. The van der Waals surface area contributed by atoms with Crippen molar-refractivity contribution in [2.45, 2.75) is 74.5 Å². The molecule has 11 N–H and O–H groups in total. The lowest BCUT2D eigenvalue weighted by atomic mass is 10.1. The molecule has 0 radical (unpaired) electrons. The number of pyridine rings is 1. The molecule has 0 saturated carbocycles. The summed E-state index contributed by atoms with van der Waals surface area (Å²) in [5, 5.41) is 44.8. The lowest BCUT2D eigenvalue weighted by Crippen LogP contribution is -2.17. The molecule has 87 heavy (non-hydrogen) atoms. The van der Waals surface area contributed by atoms with Crippen molar-refractivity contribution in [1.29, 1.82) is 5.26 Å². The first-order valence-corrected chi connectivity index (χ1v) is 34.3. The highest BCUT2D eigenvalue weighted by atomic mass is 35.5. The second-order valence-electron chi connectivity index (χ2n) is 19.0. The number of carbonyl (C=O) groups is 2. The van der Waals surface area contributed by atoms with Gasteiger partial charge < -0.3 is 25.9 Å². The third kappa shape index (κ3) is 18.7. The Balaban J connectivity index is 1.28. The van der Waals surface area contributed by atoms with Gasteiger partial charge in [0.2, 0.25) is 17.7 Å². The molecule has 7 rings (SSSR count). The summed E-state index contributed by atoms with van der Waals surface area (Å²) >= 11 is 8.21. The summed E-state index contributed by atoms with van der Waals surface area (Å²) in [6.45, 7) is 5.43. The zero-order chi connectivity index (χ0) is 63.6. The second-order valence-corrected chi connectivity index (χ2v) is 27.8. The monoisotopic (exact) mass is 1330 g/mol. The van der Waals surface area contributed by atoms with Gasteiger partial charge in [-0.15, -0.1) is 38.9 Å². The predicted octanol–water partition coefficient (Wildman–Crippen LogP) is 10.4. The summed E-state index contributed by atoms with van der Waals surface area (Å²) in [6.07, 6.45) is 4.71. The number of anilines is 6. The van der Waals surface area contributed by atoms with E-state index in [1.165, 1.54) is 66.8 Å². The number of aryl methyl sites for hydroxylation is 2. The normalized spacial score (nSPS) is 12.7. The first kappa shape index (κ1) is 66.9. The van der Waals surface area contributed by atoms with Crippen molar-refractivity contribution in [3.8, 4) is 17.7 Å². The molecular weight excluding hydrogens is 1280 g/mol. The first-order valence-electron chi connectivity index (χ1n) is 25.7. The number of ether oxygens (including phenoxy) is 1. The van der Waals surface area contributed by atoms with E-state index in [9.17, 15) is 71.8 Å². The number of allylic oxidation sites excluding steroid dienone is 1. The molecule has 36 heteroatoms. The van der Waals surface area contributed by atoms with E-state index in [-0.39, 0.29) is 128 Å². The van der Waals surface area contributed by atoms with Gasteiger partial charge in [-0.05, 0) is 118 Å². The van der Waals surface area contributed by atoms with Crippen molar-refractivity contribution in [1.82, 2.24) is 9.38 Å². The predicted molar refractivity (Wildman–Crippen MR) is 330 cm³/mol. The van der Waals surface area contributed by atoms with Gasteiger partial charge in [0.05, 0.1) is 80.1 Å². The van der Waals surface area contributed by atoms with Crippen LogP contribution < -0.4 is 37.1 Å². The second kappa shape index (κ2) is 28.5. The molecule has 0 fully saturated rings. The van der Waals surface area contributed by atoms with Crippen LogP contribution in [0.3, 0.4) is 0 Å². The summed E-state index contributed by atoms with van der Waals surface area (Å²) in [6, 6.07) is 14.7. The minimum atomic E-state index is -4.74. The van der Waals surface area contributed by atoms with Gasteiger partial charge in [-0.3, -0.25) is 48.5 Å². The summed E-state index contributed by atoms with van der Waals surface area (Å²) in [7, 11) is -17.8. The minimum Gasteiger partial charge on any atom is -0.493 e. The molecular formula is C51H56ClN13O16S6. The number of rotatable bonds is 28. The summed E-state index contributed by atoms with van der Waals surface area (Å²) in [5.74, 6) is -3.01. The standard InChI is InChI=1S/C51H56ClN13O16S6/c1-28-20-41(61-64-49-29(2)33(27-53)50-56-35-10-5-6-11-44(35)65(50)51(49)68)45(81-14-7-17-84(69,70)71)24-36(28)58-62-42-23-38(55-31(4)67)40(26-47(42)83-16-9-19-86(75,76)77)60-63-43-22-37(54-30(3)66)39(25-46(43)82-15-8-18-85(72,73)74)59-57-32-12-13-34(52)48(21-32)87(78,79)80/h5,10,12-13,20-26,57,59-60,63,68H,6-9,11,14-19H2,1-4H3,(H,54,66)(H,55,67)(H,69,70,71)(H,72,73,74)(H,75,76,77)(H,78,79,80). The number of benzene rings is 4. The lowest BCUT2D eigenvalue weighted by Gasteiger charge is -2.21. The number of halogens is 1. The Morgan fingerprint density at radius 2 is 1.29 bits per heavy atom. The molecule has 1 aliphatic rings. The van der Waals surface area contributed by atoms with E-state index in [1.54, 1.807) is 19.9 Å². The van der Waals surface area contributed by atoms with Crippen molar-refractivity contribution >= 4 is 156 Å². The quantitative estimate of drug-likeness (QED) is 0.00714. The van der Waals surface area contributed by atoms with E-state index in [0.29, 0.717) is 39.6 Å². The highest BCUT2D eigenvalue weighted by Gasteiger charge is 2.25. The third-order valence-corrected chi connectivity index (χ3v) is 18.3. The number of aromatic hydroxyl groups is 1. The fourth-order valence-corrected chi connectivity index (χ4v) is 13.1. The number of imidazole rings is 1. The van der Waals surface area contributed by atoms with Crippen LogP contribution in [0.2, 0.25) is 5.02 Å². The van der Waals surface area contributed by atoms with Gasteiger partial charge in [0, 0.05) is 35.3 Å². The molecule has 0 spiro atoms. The van der Waals surface area contributed by atoms with Crippen molar-refractivity contribution < 1.29 is 71.3 Å². The minimum absolute atomic E-state index is 0.00426. The van der Waals surface area contributed by atoms with Crippen LogP contribution in [0.4, 0.5) is 56.9 Å². The van der Waals surface area contributed by atoms with Crippen molar-refractivity contribution in [2.75, 3.05) is 67.7 Å². The molecule has 464 valence electrons. The van der Waals surface area contributed by atoms with E-state index in [2.05, 4.69) is 63.8 Å². The SMILES string of the molecule is CC(=O)Nc1cc(NNc2cc(SCCCS(=O)(=O)O)c(N=Nc3cc(OCCCS(=O)(=O)O)c(N=Nc4c(C)c(C#N)c5nc6c(n5c4O)CCC=C6)cc3C)cc2NC(C)=O)c(SCCCS(=O)(=O)O)cc1NNc1ccc(Cl)c(S(=O)(=O)O)c1. The number of hydrogen-bond donors (Lipinski definition) is 11. The number of hydrazine groups is 2. The smallest absolute Gasteiger partial charge is 0.296 e. The van der Waals surface area contributed by atoms with Gasteiger partial charge >= 0.3 is 0 Å². The van der Waals surface area contributed by atoms with Crippen LogP contribution in [0.1, 0.15) is 67.6 Å². The van der Waals surface area contributed by atoms with Crippen molar-refractivity contribution in [2.24, 2.45) is 20.5 Å².